The standard InChI is InChI=1S/C10H13NO4/c12-6-8-7-14-5-3-11(8)10(13)9-2-1-4-15-9/h1-2,4,8,12H,3,5-7H2. The highest BCUT2D eigenvalue weighted by Gasteiger charge is 2.28. The Labute approximate surface area is 87.2 Å². The third-order valence-electron chi connectivity index (χ3n) is 2.43. The Morgan fingerprint density at radius 3 is 3.20 bits per heavy atom. The summed E-state index contributed by atoms with van der Waals surface area (Å²) in [6.07, 6.45) is 1.46. The maximum absolute atomic E-state index is 11.9. The van der Waals surface area contributed by atoms with E-state index in [1.807, 2.05) is 0 Å². The SMILES string of the molecule is O=C(c1ccco1)N1CCOCC1CO. The predicted molar refractivity (Wildman–Crippen MR) is 51.4 cm³/mol. The average Bonchev–Trinajstić information content (AvgIpc) is 2.81. The number of rotatable bonds is 2. The number of furan rings is 1. The molecule has 0 saturated carbocycles. The normalized spacial score (nSPS) is 21.7. The Morgan fingerprint density at radius 2 is 2.53 bits per heavy atom. The first kappa shape index (κ1) is 10.2. The summed E-state index contributed by atoms with van der Waals surface area (Å²) in [5.41, 5.74) is 0. The zero-order valence-electron chi connectivity index (χ0n) is 8.26. The van der Waals surface area contributed by atoms with E-state index in [4.69, 9.17) is 14.3 Å². The van der Waals surface area contributed by atoms with Crippen LogP contribution in [0.25, 0.3) is 0 Å². The van der Waals surface area contributed by atoms with Crippen molar-refractivity contribution in [1.29, 1.82) is 0 Å². The number of nitrogens with zero attached hydrogens (tertiary/aromatic N) is 1. The first-order valence-electron chi connectivity index (χ1n) is 4.86. The molecule has 5 heteroatoms. The lowest BCUT2D eigenvalue weighted by atomic mass is 10.2. The first-order chi connectivity index (χ1) is 7.33. The van der Waals surface area contributed by atoms with Gasteiger partial charge in [-0.05, 0) is 12.1 Å². The molecule has 2 heterocycles. The van der Waals surface area contributed by atoms with Crippen molar-refractivity contribution < 1.29 is 19.1 Å². The van der Waals surface area contributed by atoms with E-state index in [2.05, 4.69) is 0 Å². The quantitative estimate of drug-likeness (QED) is 0.754. The number of hydrogen-bond acceptors (Lipinski definition) is 4. The molecule has 1 aliphatic rings. The molecule has 0 spiro atoms. The Morgan fingerprint density at radius 1 is 1.67 bits per heavy atom. The molecule has 0 bridgehead atoms. The van der Waals surface area contributed by atoms with Crippen LogP contribution in [-0.2, 0) is 4.74 Å². The molecule has 1 saturated heterocycles. The van der Waals surface area contributed by atoms with Crippen molar-refractivity contribution in [3.8, 4) is 0 Å². The van der Waals surface area contributed by atoms with E-state index in [-0.39, 0.29) is 18.6 Å². The highest BCUT2D eigenvalue weighted by atomic mass is 16.5. The molecule has 1 aliphatic heterocycles. The Bertz CT molecular complexity index is 322. The minimum atomic E-state index is -0.267. The van der Waals surface area contributed by atoms with E-state index in [1.165, 1.54) is 6.26 Å². The van der Waals surface area contributed by atoms with Crippen molar-refractivity contribution in [1.82, 2.24) is 4.90 Å². The molecule has 1 aromatic heterocycles. The van der Waals surface area contributed by atoms with E-state index >= 15 is 0 Å². The van der Waals surface area contributed by atoms with Crippen LogP contribution in [0.3, 0.4) is 0 Å². The molecule has 2 rings (SSSR count). The number of morpholine rings is 1. The van der Waals surface area contributed by atoms with Gasteiger partial charge in [0.05, 0.1) is 32.1 Å². The lowest BCUT2D eigenvalue weighted by molar-refractivity contribution is -0.0196. The summed E-state index contributed by atoms with van der Waals surface area (Å²) in [5, 5.41) is 9.10. The number of aliphatic hydroxyl groups is 1. The van der Waals surface area contributed by atoms with Crippen LogP contribution in [0.5, 0.6) is 0 Å². The van der Waals surface area contributed by atoms with Crippen molar-refractivity contribution in [2.45, 2.75) is 6.04 Å². The molecule has 0 aromatic carbocycles. The maximum atomic E-state index is 11.9. The Balaban J connectivity index is 2.11. The van der Waals surface area contributed by atoms with E-state index in [0.29, 0.717) is 25.5 Å². The van der Waals surface area contributed by atoms with Crippen LogP contribution in [0.4, 0.5) is 0 Å². The lowest BCUT2D eigenvalue weighted by Crippen LogP contribution is -2.50. The molecule has 82 valence electrons. The van der Waals surface area contributed by atoms with Crippen LogP contribution >= 0.6 is 0 Å². The van der Waals surface area contributed by atoms with E-state index in [0.717, 1.165) is 0 Å². The molecule has 0 aliphatic carbocycles. The zero-order valence-corrected chi connectivity index (χ0v) is 8.26. The van der Waals surface area contributed by atoms with Crippen molar-refractivity contribution in [2.75, 3.05) is 26.4 Å². The van der Waals surface area contributed by atoms with Gasteiger partial charge >= 0.3 is 0 Å². The van der Waals surface area contributed by atoms with Crippen molar-refractivity contribution >= 4 is 5.91 Å². The van der Waals surface area contributed by atoms with Gasteiger partial charge in [-0.3, -0.25) is 4.79 Å². The fourth-order valence-corrected chi connectivity index (χ4v) is 1.62. The molecule has 15 heavy (non-hydrogen) atoms. The van der Waals surface area contributed by atoms with Gasteiger partial charge in [-0.15, -0.1) is 0 Å². The molecular weight excluding hydrogens is 198 g/mol. The van der Waals surface area contributed by atoms with Gasteiger partial charge in [0.25, 0.3) is 5.91 Å². The van der Waals surface area contributed by atoms with Crippen molar-refractivity contribution in [3.63, 3.8) is 0 Å². The van der Waals surface area contributed by atoms with Gasteiger partial charge in [-0.25, -0.2) is 0 Å². The van der Waals surface area contributed by atoms with Gasteiger partial charge in [0, 0.05) is 6.54 Å². The molecule has 1 fully saturated rings. The third kappa shape index (κ3) is 2.03. The largest absolute Gasteiger partial charge is 0.459 e. The van der Waals surface area contributed by atoms with Crippen LogP contribution in [0, 0.1) is 0 Å². The average molecular weight is 211 g/mol. The van der Waals surface area contributed by atoms with Crippen LogP contribution < -0.4 is 0 Å². The Kier molecular flexibility index (Phi) is 3.03. The summed E-state index contributed by atoms with van der Waals surface area (Å²) in [7, 11) is 0. The summed E-state index contributed by atoms with van der Waals surface area (Å²) in [5.74, 6) is 0.109. The second kappa shape index (κ2) is 4.46. The van der Waals surface area contributed by atoms with Gasteiger partial charge in [-0.1, -0.05) is 0 Å². The van der Waals surface area contributed by atoms with Gasteiger partial charge in [0.15, 0.2) is 5.76 Å². The topological polar surface area (TPSA) is 62.9 Å². The number of aliphatic hydroxyl groups excluding tert-OH is 1. The summed E-state index contributed by atoms with van der Waals surface area (Å²) in [4.78, 5) is 13.5. The number of ether oxygens (including phenoxy) is 1. The number of amides is 1. The van der Waals surface area contributed by atoms with Crippen LogP contribution in [-0.4, -0.2) is 48.3 Å². The fraction of sp³-hybridized carbons (Fsp3) is 0.500. The third-order valence-corrected chi connectivity index (χ3v) is 2.43. The number of carbonyl (C=O) groups is 1. The summed E-state index contributed by atoms with van der Waals surface area (Å²) >= 11 is 0. The molecule has 1 unspecified atom stereocenters. The molecule has 1 N–H and O–H groups in total. The maximum Gasteiger partial charge on any atom is 0.290 e. The molecule has 5 nitrogen and oxygen atoms in total. The van der Waals surface area contributed by atoms with Crippen LogP contribution in [0.15, 0.2) is 22.8 Å². The van der Waals surface area contributed by atoms with Gasteiger partial charge in [0.2, 0.25) is 0 Å². The van der Waals surface area contributed by atoms with Crippen LogP contribution in [0.1, 0.15) is 10.6 Å². The highest BCUT2D eigenvalue weighted by molar-refractivity contribution is 5.91. The monoisotopic (exact) mass is 211 g/mol. The van der Waals surface area contributed by atoms with Crippen molar-refractivity contribution in [3.05, 3.63) is 24.2 Å². The summed E-state index contributed by atoms with van der Waals surface area (Å²) < 4.78 is 10.2. The molecule has 0 radical (unpaired) electrons. The molecule has 1 amide bonds. The smallest absolute Gasteiger partial charge is 0.290 e. The van der Waals surface area contributed by atoms with E-state index in [1.54, 1.807) is 17.0 Å². The minimum Gasteiger partial charge on any atom is -0.459 e. The van der Waals surface area contributed by atoms with E-state index in [9.17, 15) is 4.79 Å². The van der Waals surface area contributed by atoms with Gasteiger partial charge in [0.1, 0.15) is 0 Å². The second-order valence-electron chi connectivity index (χ2n) is 3.39. The minimum absolute atomic E-state index is 0.0908. The van der Waals surface area contributed by atoms with Gasteiger partial charge in [-0.2, -0.15) is 0 Å². The summed E-state index contributed by atoms with van der Waals surface area (Å²) in [6, 6.07) is 3.02. The predicted octanol–water partition coefficient (Wildman–Crippen LogP) is 0.113. The molecule has 1 aromatic rings. The van der Waals surface area contributed by atoms with Gasteiger partial charge < -0.3 is 19.2 Å². The second-order valence-corrected chi connectivity index (χ2v) is 3.39. The molecular formula is C10H13NO4. The van der Waals surface area contributed by atoms with Crippen LogP contribution in [0.2, 0.25) is 0 Å². The fourth-order valence-electron chi connectivity index (χ4n) is 1.62. The number of carbonyl (C=O) groups excluding carboxylic acids is 1. The van der Waals surface area contributed by atoms with E-state index < -0.39 is 0 Å². The summed E-state index contributed by atoms with van der Waals surface area (Å²) in [6.45, 7) is 1.28. The van der Waals surface area contributed by atoms with Crippen molar-refractivity contribution in [2.24, 2.45) is 0 Å². The lowest BCUT2D eigenvalue weighted by Gasteiger charge is -2.33. The number of hydrogen-bond donors (Lipinski definition) is 1. The Hall–Kier alpha value is -1.33. The highest BCUT2D eigenvalue weighted by Crippen LogP contribution is 2.12. The first-order valence-corrected chi connectivity index (χ1v) is 4.86. The molecule has 1 atom stereocenters. The zero-order chi connectivity index (χ0) is 10.7.